The maximum atomic E-state index is 13.9. The highest BCUT2D eigenvalue weighted by Gasteiger charge is 2.31. The van der Waals surface area contributed by atoms with Gasteiger partial charge in [0.25, 0.3) is 0 Å². The second-order valence-corrected chi connectivity index (χ2v) is 5.29. The molecular weight excluding hydrogens is 233 g/mol. The molecule has 1 aliphatic heterocycles. The average molecular weight is 249 g/mol. The minimum Gasteiger partial charge on any atom is -0.481 e. The summed E-state index contributed by atoms with van der Waals surface area (Å²) in [6.07, 6.45) is 2.70. The molecule has 2 fully saturated rings. The van der Waals surface area contributed by atoms with Crippen molar-refractivity contribution in [1.82, 2.24) is 5.32 Å². The van der Waals surface area contributed by atoms with E-state index in [1.165, 1.54) is 0 Å². The highest BCUT2D eigenvalue weighted by atomic mass is 19.1. The van der Waals surface area contributed by atoms with Crippen molar-refractivity contribution in [1.29, 1.82) is 0 Å². The van der Waals surface area contributed by atoms with Crippen molar-refractivity contribution in [2.75, 3.05) is 6.54 Å². The molecule has 0 radical (unpaired) electrons. The number of benzene rings is 1. The predicted molar refractivity (Wildman–Crippen MR) is 64.9 cm³/mol. The molecule has 1 aliphatic carbocycles. The molecule has 3 nitrogen and oxygen atoms in total. The van der Waals surface area contributed by atoms with E-state index >= 15 is 0 Å². The van der Waals surface area contributed by atoms with Crippen molar-refractivity contribution in [2.45, 2.75) is 31.2 Å². The number of halogens is 1. The van der Waals surface area contributed by atoms with Crippen LogP contribution in [0.1, 0.15) is 42.3 Å². The van der Waals surface area contributed by atoms with Crippen LogP contribution in [-0.4, -0.2) is 17.6 Å². The number of carboxylic acids is 1. The molecule has 96 valence electrons. The molecule has 0 spiro atoms. The quantitative estimate of drug-likeness (QED) is 0.865. The van der Waals surface area contributed by atoms with Crippen LogP contribution in [-0.2, 0) is 4.79 Å². The number of aliphatic carboxylic acids is 1. The van der Waals surface area contributed by atoms with E-state index in [0.29, 0.717) is 18.9 Å². The largest absolute Gasteiger partial charge is 0.481 e. The maximum Gasteiger partial charge on any atom is 0.307 e. The zero-order valence-electron chi connectivity index (χ0n) is 10.0. The van der Waals surface area contributed by atoms with E-state index in [1.807, 2.05) is 12.1 Å². The Labute approximate surface area is 105 Å². The van der Waals surface area contributed by atoms with Crippen molar-refractivity contribution >= 4 is 5.97 Å². The summed E-state index contributed by atoms with van der Waals surface area (Å²) in [5.41, 5.74) is 1.67. The van der Waals surface area contributed by atoms with Gasteiger partial charge in [0.2, 0.25) is 0 Å². The zero-order chi connectivity index (χ0) is 12.7. The minimum absolute atomic E-state index is 0.0335. The van der Waals surface area contributed by atoms with Gasteiger partial charge in [-0.15, -0.1) is 0 Å². The summed E-state index contributed by atoms with van der Waals surface area (Å²) in [4.78, 5) is 10.9. The third-order valence-corrected chi connectivity index (χ3v) is 3.92. The van der Waals surface area contributed by atoms with Gasteiger partial charge in [-0.05, 0) is 42.4 Å². The molecule has 2 aliphatic rings. The lowest BCUT2D eigenvalue weighted by atomic mass is 9.98. The Hall–Kier alpha value is -1.42. The Kier molecular flexibility index (Phi) is 2.82. The lowest BCUT2D eigenvalue weighted by molar-refractivity contribution is -0.141. The van der Waals surface area contributed by atoms with Crippen LogP contribution < -0.4 is 5.32 Å². The van der Waals surface area contributed by atoms with Crippen molar-refractivity contribution in [3.8, 4) is 0 Å². The molecule has 1 aromatic carbocycles. The molecule has 1 saturated heterocycles. The van der Waals surface area contributed by atoms with E-state index < -0.39 is 5.97 Å². The van der Waals surface area contributed by atoms with Gasteiger partial charge < -0.3 is 10.4 Å². The van der Waals surface area contributed by atoms with Crippen molar-refractivity contribution < 1.29 is 14.3 Å². The van der Waals surface area contributed by atoms with E-state index in [4.69, 9.17) is 5.11 Å². The van der Waals surface area contributed by atoms with Crippen LogP contribution in [0.2, 0.25) is 0 Å². The van der Waals surface area contributed by atoms with Crippen LogP contribution in [0.25, 0.3) is 0 Å². The third kappa shape index (κ3) is 2.12. The molecule has 2 unspecified atom stereocenters. The first-order valence-corrected chi connectivity index (χ1v) is 6.40. The van der Waals surface area contributed by atoms with Gasteiger partial charge in [0.05, 0.1) is 5.92 Å². The smallest absolute Gasteiger partial charge is 0.307 e. The molecule has 2 atom stereocenters. The Bertz CT molecular complexity index is 485. The van der Waals surface area contributed by atoms with Crippen molar-refractivity contribution in [2.24, 2.45) is 5.92 Å². The first-order valence-electron chi connectivity index (χ1n) is 6.40. The Balaban J connectivity index is 1.77. The number of carboxylic acid groups (broad SMARTS) is 1. The molecule has 0 aromatic heterocycles. The molecule has 18 heavy (non-hydrogen) atoms. The summed E-state index contributed by atoms with van der Waals surface area (Å²) in [5.74, 6) is -0.876. The van der Waals surface area contributed by atoms with Crippen LogP contribution >= 0.6 is 0 Å². The minimum atomic E-state index is -0.778. The standard InChI is InChI=1S/C14H16FNO2/c15-12-5-9(3-4-11(12)8-1-2-8)13-6-10(7-16-13)14(17)18/h3-5,8,10,13,16H,1-2,6-7H2,(H,17,18). The molecule has 1 heterocycles. The normalized spacial score (nSPS) is 27.4. The van der Waals surface area contributed by atoms with Gasteiger partial charge in [-0.3, -0.25) is 4.79 Å². The summed E-state index contributed by atoms with van der Waals surface area (Å²) in [6, 6.07) is 5.32. The second kappa shape index (κ2) is 4.35. The van der Waals surface area contributed by atoms with Gasteiger partial charge >= 0.3 is 5.97 Å². The maximum absolute atomic E-state index is 13.9. The Morgan fingerprint density at radius 2 is 2.17 bits per heavy atom. The monoisotopic (exact) mass is 249 g/mol. The highest BCUT2D eigenvalue weighted by Crippen LogP contribution is 2.42. The SMILES string of the molecule is O=C(O)C1CNC(c2ccc(C3CC3)c(F)c2)C1. The van der Waals surface area contributed by atoms with E-state index in [1.54, 1.807) is 6.07 Å². The lowest BCUT2D eigenvalue weighted by Crippen LogP contribution is -2.17. The molecule has 1 saturated carbocycles. The fourth-order valence-electron chi connectivity index (χ4n) is 2.66. The number of carbonyl (C=O) groups is 1. The van der Waals surface area contributed by atoms with E-state index in [2.05, 4.69) is 5.32 Å². The first kappa shape index (κ1) is 11.7. The van der Waals surface area contributed by atoms with Crippen molar-refractivity contribution in [3.05, 3.63) is 35.1 Å². The summed E-state index contributed by atoms with van der Waals surface area (Å²) >= 11 is 0. The van der Waals surface area contributed by atoms with Gasteiger partial charge in [-0.2, -0.15) is 0 Å². The number of hydrogen-bond acceptors (Lipinski definition) is 2. The number of hydrogen-bond donors (Lipinski definition) is 2. The molecule has 0 bridgehead atoms. The average Bonchev–Trinajstić information content (AvgIpc) is 3.05. The van der Waals surface area contributed by atoms with Gasteiger partial charge in [0.15, 0.2) is 0 Å². The van der Waals surface area contributed by atoms with Gasteiger partial charge in [-0.25, -0.2) is 4.39 Å². The van der Waals surface area contributed by atoms with Crippen LogP contribution in [0.5, 0.6) is 0 Å². The molecule has 4 heteroatoms. The molecule has 1 aromatic rings. The summed E-state index contributed by atoms with van der Waals surface area (Å²) in [5, 5.41) is 12.1. The first-order chi connectivity index (χ1) is 8.65. The summed E-state index contributed by atoms with van der Waals surface area (Å²) in [6.45, 7) is 0.464. The van der Waals surface area contributed by atoms with Crippen molar-refractivity contribution in [3.63, 3.8) is 0 Å². The molecule has 2 N–H and O–H groups in total. The topological polar surface area (TPSA) is 49.3 Å². The van der Waals surface area contributed by atoms with E-state index in [-0.39, 0.29) is 17.8 Å². The molecule has 3 rings (SSSR count). The van der Waals surface area contributed by atoms with Crippen LogP contribution in [0.15, 0.2) is 18.2 Å². The van der Waals surface area contributed by atoms with Crippen LogP contribution in [0, 0.1) is 11.7 Å². The fraction of sp³-hybridized carbons (Fsp3) is 0.500. The second-order valence-electron chi connectivity index (χ2n) is 5.29. The van der Waals surface area contributed by atoms with E-state index in [0.717, 1.165) is 24.0 Å². The zero-order valence-corrected chi connectivity index (χ0v) is 10.0. The Morgan fingerprint density at radius 1 is 1.39 bits per heavy atom. The van der Waals surface area contributed by atoms with Gasteiger partial charge in [-0.1, -0.05) is 12.1 Å². The Morgan fingerprint density at radius 3 is 2.72 bits per heavy atom. The lowest BCUT2D eigenvalue weighted by Gasteiger charge is -2.12. The number of nitrogens with one attached hydrogen (secondary N) is 1. The van der Waals surface area contributed by atoms with Gasteiger partial charge in [0.1, 0.15) is 5.82 Å². The summed E-state index contributed by atoms with van der Waals surface area (Å²) < 4.78 is 13.9. The molecule has 0 amide bonds. The fourth-order valence-corrected chi connectivity index (χ4v) is 2.66. The van der Waals surface area contributed by atoms with E-state index in [9.17, 15) is 9.18 Å². The van der Waals surface area contributed by atoms with Crippen LogP contribution in [0.4, 0.5) is 4.39 Å². The number of rotatable bonds is 3. The van der Waals surface area contributed by atoms with Gasteiger partial charge in [0, 0.05) is 12.6 Å². The third-order valence-electron chi connectivity index (χ3n) is 3.92. The van der Waals surface area contributed by atoms with Crippen LogP contribution in [0.3, 0.4) is 0 Å². The highest BCUT2D eigenvalue weighted by molar-refractivity contribution is 5.70. The summed E-state index contributed by atoms with van der Waals surface area (Å²) in [7, 11) is 0. The molecular formula is C14H16FNO2. The predicted octanol–water partition coefficient (Wildman–Crippen LogP) is 2.44.